The lowest BCUT2D eigenvalue weighted by Crippen LogP contribution is -2.41. The van der Waals surface area contributed by atoms with Gasteiger partial charge in [0.1, 0.15) is 0 Å². The van der Waals surface area contributed by atoms with Crippen LogP contribution in [0.2, 0.25) is 19.1 Å². The van der Waals surface area contributed by atoms with Gasteiger partial charge in [-0.2, -0.15) is 0 Å². The predicted octanol–water partition coefficient (Wildman–Crippen LogP) is 5.52. The third-order valence-corrected chi connectivity index (χ3v) is 7.24. The highest BCUT2D eigenvalue weighted by molar-refractivity contribution is 6.71. The van der Waals surface area contributed by atoms with Crippen molar-refractivity contribution in [2.45, 2.75) is 65.8 Å². The molecule has 0 amide bonds. The van der Waals surface area contributed by atoms with Crippen molar-refractivity contribution >= 4 is 33.1 Å². The second-order valence-electron chi connectivity index (χ2n) is 6.37. The van der Waals surface area contributed by atoms with Crippen LogP contribution < -0.4 is 0 Å². The van der Waals surface area contributed by atoms with Gasteiger partial charge in [0, 0.05) is 5.92 Å². The quantitative estimate of drug-likeness (QED) is 0.578. The Labute approximate surface area is 131 Å². The van der Waals surface area contributed by atoms with Crippen LogP contribution in [-0.4, -0.2) is 14.4 Å². The molecule has 1 saturated heterocycles. The molecule has 19 heavy (non-hydrogen) atoms. The molecule has 4 heteroatoms. The third-order valence-electron chi connectivity index (χ3n) is 4.76. The Morgan fingerprint density at radius 2 is 1.63 bits per heavy atom. The SMILES string of the molecule is CC1=C(C)C(C)C(C2CCC[Si](C)(C)O2)=C1C.Cl.Cl. The lowest BCUT2D eigenvalue weighted by atomic mass is 9.91. The zero-order chi connectivity index (χ0) is 12.8. The molecule has 0 bridgehead atoms. The van der Waals surface area contributed by atoms with E-state index < -0.39 is 8.32 Å². The smallest absolute Gasteiger partial charge is 0.187 e. The molecule has 2 aliphatic rings. The molecular weight excluding hydrogens is 295 g/mol. The molecule has 2 atom stereocenters. The summed E-state index contributed by atoms with van der Waals surface area (Å²) in [6.45, 7) is 13.9. The summed E-state index contributed by atoms with van der Waals surface area (Å²) in [7, 11) is -1.38. The highest BCUT2D eigenvalue weighted by atomic mass is 35.5. The molecule has 0 aromatic rings. The average Bonchev–Trinajstić information content (AvgIpc) is 2.42. The van der Waals surface area contributed by atoms with Crippen molar-refractivity contribution in [2.75, 3.05) is 0 Å². The van der Waals surface area contributed by atoms with E-state index in [2.05, 4.69) is 40.8 Å². The molecule has 112 valence electrons. The summed E-state index contributed by atoms with van der Waals surface area (Å²) in [6.07, 6.45) is 2.99. The lowest BCUT2D eigenvalue weighted by Gasteiger charge is -2.37. The van der Waals surface area contributed by atoms with Crippen LogP contribution in [0.1, 0.15) is 40.5 Å². The van der Waals surface area contributed by atoms with E-state index in [0.29, 0.717) is 12.0 Å². The Kier molecular flexibility index (Phi) is 6.88. The Balaban J connectivity index is 0.00000162. The van der Waals surface area contributed by atoms with Crippen molar-refractivity contribution in [1.82, 2.24) is 0 Å². The number of hydrogen-bond donors (Lipinski definition) is 0. The van der Waals surface area contributed by atoms with E-state index in [-0.39, 0.29) is 24.8 Å². The molecule has 1 nitrogen and oxygen atoms in total. The second-order valence-corrected chi connectivity index (χ2v) is 10.6. The molecule has 0 saturated carbocycles. The van der Waals surface area contributed by atoms with Gasteiger partial charge in [0.15, 0.2) is 8.32 Å². The monoisotopic (exact) mass is 322 g/mol. The summed E-state index contributed by atoms with van der Waals surface area (Å²) in [5.41, 5.74) is 6.14. The van der Waals surface area contributed by atoms with Gasteiger partial charge in [-0.3, -0.25) is 0 Å². The molecule has 1 fully saturated rings. The van der Waals surface area contributed by atoms with Crippen LogP contribution in [0.4, 0.5) is 0 Å². The summed E-state index contributed by atoms with van der Waals surface area (Å²) in [6, 6.07) is 1.33. The van der Waals surface area contributed by atoms with Gasteiger partial charge in [0.05, 0.1) is 6.10 Å². The highest BCUT2D eigenvalue weighted by Crippen LogP contribution is 2.42. The normalized spacial score (nSPS) is 30.0. The minimum atomic E-state index is -1.38. The van der Waals surface area contributed by atoms with E-state index in [4.69, 9.17) is 4.43 Å². The summed E-state index contributed by atoms with van der Waals surface area (Å²) in [4.78, 5) is 0. The van der Waals surface area contributed by atoms with Gasteiger partial charge < -0.3 is 4.43 Å². The van der Waals surface area contributed by atoms with E-state index >= 15 is 0 Å². The molecule has 0 aromatic heterocycles. The van der Waals surface area contributed by atoms with E-state index in [0.717, 1.165) is 0 Å². The van der Waals surface area contributed by atoms with Gasteiger partial charge in [-0.15, -0.1) is 24.8 Å². The second kappa shape index (κ2) is 6.80. The largest absolute Gasteiger partial charge is 0.411 e. The van der Waals surface area contributed by atoms with Crippen molar-refractivity contribution in [2.24, 2.45) is 5.92 Å². The van der Waals surface area contributed by atoms with Crippen molar-refractivity contribution in [3.8, 4) is 0 Å². The first kappa shape index (κ1) is 19.2. The van der Waals surface area contributed by atoms with E-state index in [1.54, 1.807) is 11.1 Å². The molecule has 2 unspecified atom stereocenters. The zero-order valence-corrected chi connectivity index (χ0v) is 15.6. The minimum Gasteiger partial charge on any atom is -0.411 e. The van der Waals surface area contributed by atoms with Crippen molar-refractivity contribution < 1.29 is 4.43 Å². The fraction of sp³-hybridized carbons (Fsp3) is 0.733. The molecular formula is C15H28Cl2OSi. The Bertz CT molecular complexity index is 399. The number of allylic oxidation sites excluding steroid dienone is 3. The Morgan fingerprint density at radius 3 is 2.05 bits per heavy atom. The molecule has 0 N–H and O–H groups in total. The Morgan fingerprint density at radius 1 is 1.05 bits per heavy atom. The third kappa shape index (κ3) is 3.66. The number of halogens is 2. The maximum absolute atomic E-state index is 6.45. The molecule has 0 spiro atoms. The van der Waals surface area contributed by atoms with Gasteiger partial charge in [-0.1, -0.05) is 18.9 Å². The summed E-state index contributed by atoms with van der Waals surface area (Å²) in [5.74, 6) is 0.600. The average molecular weight is 323 g/mol. The number of rotatable bonds is 1. The molecule has 1 aliphatic heterocycles. The van der Waals surface area contributed by atoms with Crippen LogP contribution in [0.5, 0.6) is 0 Å². The van der Waals surface area contributed by atoms with E-state index in [9.17, 15) is 0 Å². The summed E-state index contributed by atoms with van der Waals surface area (Å²) >= 11 is 0. The fourth-order valence-electron chi connectivity index (χ4n) is 3.35. The summed E-state index contributed by atoms with van der Waals surface area (Å²) in [5, 5.41) is 0. The Hall–Kier alpha value is 0.237. The van der Waals surface area contributed by atoms with Gasteiger partial charge in [0.2, 0.25) is 0 Å². The first-order valence-corrected chi connectivity index (χ1v) is 10.0. The van der Waals surface area contributed by atoms with Crippen molar-refractivity contribution in [3.63, 3.8) is 0 Å². The van der Waals surface area contributed by atoms with Gasteiger partial charge >= 0.3 is 0 Å². The highest BCUT2D eigenvalue weighted by Gasteiger charge is 2.37. The molecule has 0 radical (unpaired) electrons. The fourth-order valence-corrected chi connectivity index (χ4v) is 5.54. The van der Waals surface area contributed by atoms with Crippen LogP contribution in [0.25, 0.3) is 0 Å². The molecule has 0 aromatic carbocycles. The van der Waals surface area contributed by atoms with Gasteiger partial charge in [-0.05, 0) is 63.0 Å². The van der Waals surface area contributed by atoms with Crippen LogP contribution in [0.3, 0.4) is 0 Å². The first-order chi connectivity index (χ1) is 7.83. The predicted molar refractivity (Wildman–Crippen MR) is 91.1 cm³/mol. The topological polar surface area (TPSA) is 9.23 Å². The van der Waals surface area contributed by atoms with Crippen LogP contribution in [-0.2, 0) is 4.43 Å². The maximum Gasteiger partial charge on any atom is 0.187 e. The molecule has 1 aliphatic carbocycles. The van der Waals surface area contributed by atoms with E-state index in [1.165, 1.54) is 30.0 Å². The van der Waals surface area contributed by atoms with Crippen LogP contribution in [0, 0.1) is 5.92 Å². The van der Waals surface area contributed by atoms with Crippen LogP contribution in [0.15, 0.2) is 22.3 Å². The lowest BCUT2D eigenvalue weighted by molar-refractivity contribution is 0.185. The van der Waals surface area contributed by atoms with Crippen LogP contribution >= 0.6 is 24.8 Å². The minimum absolute atomic E-state index is 0. The first-order valence-electron chi connectivity index (χ1n) is 6.90. The standard InChI is InChI=1S/C15H26OSi.2ClH/c1-10-11(2)13(4)15(12(10)3)14-8-7-9-17(5,6)16-14;;/h12,14H,7-9H2,1-6H3;2*1H. The molecule has 2 rings (SSSR count). The van der Waals surface area contributed by atoms with Gasteiger partial charge in [0.25, 0.3) is 0 Å². The van der Waals surface area contributed by atoms with E-state index in [1.807, 2.05) is 0 Å². The zero-order valence-electron chi connectivity index (χ0n) is 13.0. The van der Waals surface area contributed by atoms with Crippen molar-refractivity contribution in [3.05, 3.63) is 22.3 Å². The summed E-state index contributed by atoms with van der Waals surface area (Å²) < 4.78 is 6.45. The molecule has 1 heterocycles. The maximum atomic E-state index is 6.45. The van der Waals surface area contributed by atoms with Crippen molar-refractivity contribution in [1.29, 1.82) is 0 Å². The van der Waals surface area contributed by atoms with Gasteiger partial charge in [-0.25, -0.2) is 0 Å². The number of hydrogen-bond acceptors (Lipinski definition) is 1.